The molecule has 126 valence electrons. The van der Waals surface area contributed by atoms with Gasteiger partial charge in [0.15, 0.2) is 0 Å². The predicted molar refractivity (Wildman–Crippen MR) is 100 cm³/mol. The van der Waals surface area contributed by atoms with Crippen molar-refractivity contribution in [2.45, 2.75) is 49.3 Å². The number of hydrogen-bond donors (Lipinski definition) is 3. The standard InChI is InChI=1S/C14H18N2O.C5H5NS/c1-2-4-9-7-10(15)8-11-12(9)16-13(17)14(11)5-3-6-14;7-5-2-1-3-6-4-5/h7-8H,2-6,15H2,1H3,(H,16,17);1-4,7H. The number of nitrogen functional groups attached to an aromatic ring is 1. The number of carbonyl (C=O) groups excluding carboxylic acids is 1. The summed E-state index contributed by atoms with van der Waals surface area (Å²) < 4.78 is 0. The van der Waals surface area contributed by atoms with Crippen LogP contribution in [0.25, 0.3) is 0 Å². The van der Waals surface area contributed by atoms with Crippen LogP contribution in [0.5, 0.6) is 0 Å². The summed E-state index contributed by atoms with van der Waals surface area (Å²) in [5.41, 5.74) is 9.90. The molecule has 1 amide bonds. The van der Waals surface area contributed by atoms with Crippen LogP contribution in [0.2, 0.25) is 0 Å². The van der Waals surface area contributed by atoms with Crippen molar-refractivity contribution in [1.29, 1.82) is 0 Å². The fourth-order valence-corrected chi connectivity index (χ4v) is 3.61. The Labute approximate surface area is 148 Å². The fourth-order valence-electron chi connectivity index (χ4n) is 3.45. The van der Waals surface area contributed by atoms with Gasteiger partial charge >= 0.3 is 0 Å². The van der Waals surface area contributed by atoms with E-state index in [1.807, 2.05) is 24.3 Å². The molecule has 24 heavy (non-hydrogen) atoms. The Balaban J connectivity index is 0.000000203. The van der Waals surface area contributed by atoms with Gasteiger partial charge in [-0.05, 0) is 54.7 Å². The molecule has 2 heterocycles. The van der Waals surface area contributed by atoms with Crippen molar-refractivity contribution >= 4 is 29.9 Å². The van der Waals surface area contributed by atoms with E-state index >= 15 is 0 Å². The van der Waals surface area contributed by atoms with Crippen molar-refractivity contribution in [3.8, 4) is 0 Å². The number of nitrogens with zero attached hydrogens (tertiary/aromatic N) is 1. The van der Waals surface area contributed by atoms with Crippen LogP contribution in [-0.4, -0.2) is 10.9 Å². The summed E-state index contributed by atoms with van der Waals surface area (Å²) in [5.74, 6) is 0.182. The van der Waals surface area contributed by atoms with Gasteiger partial charge in [0.1, 0.15) is 0 Å². The van der Waals surface area contributed by atoms with Crippen LogP contribution >= 0.6 is 12.6 Å². The van der Waals surface area contributed by atoms with Crippen LogP contribution in [-0.2, 0) is 16.6 Å². The summed E-state index contributed by atoms with van der Waals surface area (Å²) in [7, 11) is 0. The highest BCUT2D eigenvalue weighted by Gasteiger charge is 2.51. The van der Waals surface area contributed by atoms with Gasteiger partial charge in [0.25, 0.3) is 0 Å². The van der Waals surface area contributed by atoms with Gasteiger partial charge in [-0.2, -0.15) is 0 Å². The van der Waals surface area contributed by atoms with Crippen LogP contribution in [0.4, 0.5) is 11.4 Å². The maximum atomic E-state index is 12.2. The van der Waals surface area contributed by atoms with Gasteiger partial charge in [-0.15, -0.1) is 12.6 Å². The minimum Gasteiger partial charge on any atom is -0.399 e. The van der Waals surface area contributed by atoms with Crippen molar-refractivity contribution in [3.63, 3.8) is 0 Å². The second-order valence-electron chi connectivity index (χ2n) is 6.45. The van der Waals surface area contributed by atoms with Gasteiger partial charge in [0, 0.05) is 28.7 Å². The maximum absolute atomic E-state index is 12.2. The molecule has 4 rings (SSSR count). The molecule has 1 aromatic heterocycles. The molecular weight excluding hydrogens is 318 g/mol. The Kier molecular flexibility index (Phi) is 4.81. The first-order chi connectivity index (χ1) is 11.6. The molecule has 0 bridgehead atoms. The molecule has 2 aromatic rings. The van der Waals surface area contributed by atoms with Crippen molar-refractivity contribution < 1.29 is 4.79 Å². The lowest BCUT2D eigenvalue weighted by Gasteiger charge is -2.36. The number of rotatable bonds is 2. The number of fused-ring (bicyclic) bond motifs is 2. The van der Waals surface area contributed by atoms with Gasteiger partial charge in [-0.1, -0.05) is 19.8 Å². The van der Waals surface area contributed by atoms with Gasteiger partial charge in [0.2, 0.25) is 5.91 Å². The van der Waals surface area contributed by atoms with Crippen LogP contribution in [0, 0.1) is 0 Å². The lowest BCUT2D eigenvalue weighted by atomic mass is 9.65. The van der Waals surface area contributed by atoms with Crippen molar-refractivity contribution in [2.24, 2.45) is 0 Å². The Morgan fingerprint density at radius 1 is 1.38 bits per heavy atom. The molecule has 1 saturated carbocycles. The molecule has 1 aromatic carbocycles. The number of anilines is 2. The maximum Gasteiger partial charge on any atom is 0.235 e. The second kappa shape index (κ2) is 6.85. The Hall–Kier alpha value is -2.01. The van der Waals surface area contributed by atoms with E-state index in [-0.39, 0.29) is 11.3 Å². The summed E-state index contributed by atoms with van der Waals surface area (Å²) in [6.07, 6.45) is 8.55. The minimum atomic E-state index is -0.243. The highest BCUT2D eigenvalue weighted by atomic mass is 32.1. The van der Waals surface area contributed by atoms with Crippen LogP contribution in [0.3, 0.4) is 0 Å². The number of amides is 1. The first-order valence-corrected chi connectivity index (χ1v) is 8.85. The highest BCUT2D eigenvalue weighted by molar-refractivity contribution is 7.80. The topological polar surface area (TPSA) is 68.0 Å². The van der Waals surface area contributed by atoms with Crippen molar-refractivity contribution in [3.05, 3.63) is 47.8 Å². The molecule has 4 nitrogen and oxygen atoms in total. The first-order valence-electron chi connectivity index (χ1n) is 8.40. The number of pyridine rings is 1. The predicted octanol–water partition coefficient (Wildman–Crippen LogP) is 3.97. The zero-order valence-corrected chi connectivity index (χ0v) is 14.8. The molecule has 3 N–H and O–H groups in total. The number of aryl methyl sites for hydroxylation is 1. The van der Waals surface area contributed by atoms with E-state index in [0.717, 1.165) is 53.9 Å². The Morgan fingerprint density at radius 2 is 2.17 bits per heavy atom. The molecule has 0 radical (unpaired) electrons. The average molecular weight is 341 g/mol. The van der Waals surface area contributed by atoms with E-state index in [1.165, 1.54) is 5.56 Å². The average Bonchev–Trinajstić information content (AvgIpc) is 2.81. The summed E-state index contributed by atoms with van der Waals surface area (Å²) in [6.45, 7) is 2.14. The third kappa shape index (κ3) is 3.00. The third-order valence-corrected chi connectivity index (χ3v) is 5.07. The van der Waals surface area contributed by atoms with E-state index in [4.69, 9.17) is 5.73 Å². The zero-order chi connectivity index (χ0) is 17.2. The molecule has 1 spiro atoms. The number of benzene rings is 1. The summed E-state index contributed by atoms with van der Waals surface area (Å²) in [5, 5.41) is 3.08. The monoisotopic (exact) mass is 341 g/mol. The number of nitrogens with two attached hydrogens (primary N) is 1. The normalized spacial score (nSPS) is 16.7. The van der Waals surface area contributed by atoms with Crippen LogP contribution in [0.15, 0.2) is 41.6 Å². The molecule has 2 aliphatic rings. The van der Waals surface area contributed by atoms with Crippen LogP contribution < -0.4 is 11.1 Å². The SMILES string of the molecule is CCCc1cc(N)cc2c1NC(=O)C21CCC1.Sc1cccnc1. The molecule has 5 heteroatoms. The highest BCUT2D eigenvalue weighted by Crippen LogP contribution is 2.52. The number of aromatic nitrogens is 1. The lowest BCUT2D eigenvalue weighted by molar-refractivity contribution is -0.123. The summed E-state index contributed by atoms with van der Waals surface area (Å²) in [6, 6.07) is 7.73. The van der Waals surface area contributed by atoms with Gasteiger partial charge in [-0.3, -0.25) is 9.78 Å². The lowest BCUT2D eigenvalue weighted by Crippen LogP contribution is -2.40. The van der Waals surface area contributed by atoms with Crippen molar-refractivity contribution in [1.82, 2.24) is 4.98 Å². The van der Waals surface area contributed by atoms with Gasteiger partial charge in [-0.25, -0.2) is 0 Å². The number of nitrogens with one attached hydrogen (secondary N) is 1. The summed E-state index contributed by atoms with van der Waals surface area (Å²) in [4.78, 5) is 16.9. The van der Waals surface area contributed by atoms with Crippen molar-refractivity contribution in [2.75, 3.05) is 11.1 Å². The number of carbonyl (C=O) groups is 1. The summed E-state index contributed by atoms with van der Waals surface area (Å²) >= 11 is 4.02. The van der Waals surface area contributed by atoms with Gasteiger partial charge in [0.05, 0.1) is 5.41 Å². The molecular formula is C19H23N3OS. The molecule has 1 fully saturated rings. The Bertz CT molecular complexity index is 742. The third-order valence-electron chi connectivity index (χ3n) is 4.80. The van der Waals surface area contributed by atoms with Gasteiger partial charge < -0.3 is 11.1 Å². The minimum absolute atomic E-state index is 0.182. The number of thiol groups is 1. The Morgan fingerprint density at radius 3 is 2.67 bits per heavy atom. The van der Waals surface area contributed by atoms with Crippen LogP contribution in [0.1, 0.15) is 43.7 Å². The number of hydrogen-bond acceptors (Lipinski definition) is 4. The smallest absolute Gasteiger partial charge is 0.235 e. The largest absolute Gasteiger partial charge is 0.399 e. The van der Waals surface area contributed by atoms with E-state index in [9.17, 15) is 4.79 Å². The van der Waals surface area contributed by atoms with E-state index in [1.54, 1.807) is 12.4 Å². The van der Waals surface area contributed by atoms with E-state index in [2.05, 4.69) is 29.9 Å². The van der Waals surface area contributed by atoms with E-state index in [0.29, 0.717) is 0 Å². The zero-order valence-electron chi connectivity index (χ0n) is 13.9. The first kappa shape index (κ1) is 16.8. The molecule has 0 atom stereocenters. The molecule has 0 saturated heterocycles. The quantitative estimate of drug-likeness (QED) is 0.572. The van der Waals surface area contributed by atoms with E-state index < -0.39 is 0 Å². The second-order valence-corrected chi connectivity index (χ2v) is 6.97. The molecule has 0 unspecified atom stereocenters. The molecule has 1 aliphatic carbocycles. The molecule has 1 aliphatic heterocycles. The fraction of sp³-hybridized carbons (Fsp3) is 0.368.